The van der Waals surface area contributed by atoms with Gasteiger partial charge in [-0.25, -0.2) is 0 Å². The number of carbonyl (C=O) groups excluding carboxylic acids is 2. The van der Waals surface area contributed by atoms with E-state index in [2.05, 4.69) is 13.8 Å². The first kappa shape index (κ1) is 18.4. The van der Waals surface area contributed by atoms with E-state index in [1.807, 2.05) is 30.3 Å². The minimum Gasteiger partial charge on any atom is -0.369 e. The number of aryl methyl sites for hydroxylation is 1. The average molecular weight is 303 g/mol. The summed E-state index contributed by atoms with van der Waals surface area (Å²) in [7, 11) is 0. The molecule has 1 fully saturated rings. The van der Waals surface area contributed by atoms with Crippen LogP contribution in [-0.4, -0.2) is 12.2 Å². The van der Waals surface area contributed by atoms with E-state index in [-0.39, 0.29) is 11.8 Å². The Morgan fingerprint density at radius 3 is 2.23 bits per heavy atom. The number of nitrogens with two attached hydrogens (primary N) is 1. The normalized spacial score (nSPS) is 20.9. The molecule has 1 amide bonds. The number of rotatable bonds is 5. The Balaban J connectivity index is 0.000000224. The fraction of sp³-hybridized carbons (Fsp3) is 0.579. The number of primary amides is 1. The Morgan fingerprint density at radius 1 is 1.18 bits per heavy atom. The fourth-order valence-corrected chi connectivity index (χ4v) is 2.94. The molecule has 0 heterocycles. The van der Waals surface area contributed by atoms with Gasteiger partial charge in [0.05, 0.1) is 0 Å². The predicted molar refractivity (Wildman–Crippen MR) is 90.3 cm³/mol. The number of hydrogen-bond donors (Lipinski definition) is 1. The molecule has 0 atom stereocenters. The zero-order valence-electron chi connectivity index (χ0n) is 13.8. The summed E-state index contributed by atoms with van der Waals surface area (Å²) in [5, 5.41) is 0. The first-order valence-corrected chi connectivity index (χ1v) is 8.31. The van der Waals surface area contributed by atoms with Crippen LogP contribution in [0.3, 0.4) is 0 Å². The van der Waals surface area contributed by atoms with Crippen LogP contribution in [0.2, 0.25) is 0 Å². The lowest BCUT2D eigenvalue weighted by molar-refractivity contribution is -0.123. The van der Waals surface area contributed by atoms with Crippen LogP contribution in [0.25, 0.3) is 0 Å². The van der Waals surface area contributed by atoms with Gasteiger partial charge in [-0.15, -0.1) is 0 Å². The topological polar surface area (TPSA) is 60.2 Å². The summed E-state index contributed by atoms with van der Waals surface area (Å²) in [5.41, 5.74) is 6.48. The molecule has 1 aliphatic carbocycles. The van der Waals surface area contributed by atoms with Crippen molar-refractivity contribution in [3.8, 4) is 0 Å². The van der Waals surface area contributed by atoms with Crippen LogP contribution >= 0.6 is 0 Å². The minimum absolute atomic E-state index is 0.0998. The summed E-state index contributed by atoms with van der Waals surface area (Å²) in [6.07, 6.45) is 6.84. The van der Waals surface area contributed by atoms with Crippen molar-refractivity contribution in [1.29, 1.82) is 0 Å². The van der Waals surface area contributed by atoms with E-state index < -0.39 is 0 Å². The second kappa shape index (κ2) is 10.1. The van der Waals surface area contributed by atoms with Crippen LogP contribution in [0.4, 0.5) is 0 Å². The zero-order chi connectivity index (χ0) is 16.4. The van der Waals surface area contributed by atoms with Gasteiger partial charge in [0.2, 0.25) is 5.91 Å². The Morgan fingerprint density at radius 2 is 1.77 bits per heavy atom. The van der Waals surface area contributed by atoms with Crippen molar-refractivity contribution in [3.05, 3.63) is 35.9 Å². The summed E-state index contributed by atoms with van der Waals surface area (Å²) < 4.78 is 0. The third kappa shape index (κ3) is 6.88. The zero-order valence-corrected chi connectivity index (χ0v) is 13.8. The lowest BCUT2D eigenvalue weighted by Gasteiger charge is -2.29. The third-order valence-corrected chi connectivity index (χ3v) is 4.51. The molecule has 1 saturated carbocycles. The second-order valence-electron chi connectivity index (χ2n) is 6.45. The van der Waals surface area contributed by atoms with Crippen molar-refractivity contribution in [3.63, 3.8) is 0 Å². The SMILES string of the molecule is CC(C)C1CCC(C(N)=O)CC1.O=CCCc1ccccc1. The van der Waals surface area contributed by atoms with E-state index >= 15 is 0 Å². The summed E-state index contributed by atoms with van der Waals surface area (Å²) in [6.45, 7) is 4.52. The highest BCUT2D eigenvalue weighted by atomic mass is 16.1. The molecule has 0 radical (unpaired) electrons. The number of amides is 1. The highest BCUT2D eigenvalue weighted by Gasteiger charge is 2.25. The molecule has 0 spiro atoms. The molecule has 1 aromatic carbocycles. The Kier molecular flexibility index (Phi) is 8.49. The monoisotopic (exact) mass is 303 g/mol. The van der Waals surface area contributed by atoms with E-state index in [0.717, 1.165) is 37.4 Å². The van der Waals surface area contributed by atoms with Crippen molar-refractivity contribution in [1.82, 2.24) is 0 Å². The first-order valence-electron chi connectivity index (χ1n) is 8.31. The van der Waals surface area contributed by atoms with Gasteiger partial charge in [-0.1, -0.05) is 44.2 Å². The van der Waals surface area contributed by atoms with Crippen molar-refractivity contribution >= 4 is 12.2 Å². The lowest BCUT2D eigenvalue weighted by Crippen LogP contribution is -2.28. The molecule has 0 unspecified atom stereocenters. The van der Waals surface area contributed by atoms with Gasteiger partial charge in [-0.05, 0) is 49.5 Å². The number of benzene rings is 1. The minimum atomic E-state index is -0.0998. The second-order valence-corrected chi connectivity index (χ2v) is 6.45. The Labute approximate surface area is 134 Å². The van der Waals surface area contributed by atoms with Gasteiger partial charge in [-0.3, -0.25) is 4.79 Å². The molecule has 122 valence electrons. The van der Waals surface area contributed by atoms with Crippen LogP contribution in [0.15, 0.2) is 30.3 Å². The van der Waals surface area contributed by atoms with Crippen molar-refractivity contribution < 1.29 is 9.59 Å². The summed E-state index contributed by atoms with van der Waals surface area (Å²) in [5.74, 6) is 1.65. The third-order valence-electron chi connectivity index (χ3n) is 4.51. The van der Waals surface area contributed by atoms with E-state index in [1.165, 1.54) is 18.4 Å². The van der Waals surface area contributed by atoms with Gasteiger partial charge in [0.15, 0.2) is 0 Å². The average Bonchev–Trinajstić information content (AvgIpc) is 2.54. The van der Waals surface area contributed by atoms with Crippen LogP contribution in [-0.2, 0) is 16.0 Å². The van der Waals surface area contributed by atoms with E-state index in [1.54, 1.807) is 0 Å². The van der Waals surface area contributed by atoms with Crippen LogP contribution < -0.4 is 5.73 Å². The van der Waals surface area contributed by atoms with E-state index in [4.69, 9.17) is 5.73 Å². The summed E-state index contributed by atoms with van der Waals surface area (Å²) >= 11 is 0. The van der Waals surface area contributed by atoms with Crippen LogP contribution in [0, 0.1) is 17.8 Å². The van der Waals surface area contributed by atoms with Gasteiger partial charge in [0.25, 0.3) is 0 Å². The van der Waals surface area contributed by atoms with Gasteiger partial charge < -0.3 is 10.5 Å². The molecule has 2 rings (SSSR count). The van der Waals surface area contributed by atoms with Crippen molar-refractivity contribution in [2.75, 3.05) is 0 Å². The molecule has 1 aliphatic rings. The molecule has 2 N–H and O–H groups in total. The molecule has 0 bridgehead atoms. The van der Waals surface area contributed by atoms with Crippen molar-refractivity contribution in [2.45, 2.75) is 52.4 Å². The van der Waals surface area contributed by atoms with Crippen LogP contribution in [0.1, 0.15) is 51.5 Å². The maximum absolute atomic E-state index is 10.9. The van der Waals surface area contributed by atoms with E-state index in [0.29, 0.717) is 6.42 Å². The largest absolute Gasteiger partial charge is 0.369 e. The molecule has 0 aliphatic heterocycles. The highest BCUT2D eigenvalue weighted by molar-refractivity contribution is 5.76. The van der Waals surface area contributed by atoms with Gasteiger partial charge in [0, 0.05) is 12.3 Å². The number of aldehydes is 1. The molecular weight excluding hydrogens is 274 g/mol. The first-order chi connectivity index (χ1) is 10.5. The maximum atomic E-state index is 10.9. The molecule has 1 aromatic rings. The molecule has 22 heavy (non-hydrogen) atoms. The Bertz CT molecular complexity index is 434. The Hall–Kier alpha value is -1.64. The smallest absolute Gasteiger partial charge is 0.220 e. The lowest BCUT2D eigenvalue weighted by atomic mass is 9.77. The van der Waals surface area contributed by atoms with E-state index in [9.17, 15) is 9.59 Å². The van der Waals surface area contributed by atoms with Crippen molar-refractivity contribution in [2.24, 2.45) is 23.5 Å². The van der Waals surface area contributed by atoms with Gasteiger partial charge >= 0.3 is 0 Å². The van der Waals surface area contributed by atoms with Gasteiger partial charge in [0.1, 0.15) is 6.29 Å². The summed E-state index contributed by atoms with van der Waals surface area (Å²) in [6, 6.07) is 10.0. The molecular formula is C19H29NO2. The molecule has 0 aromatic heterocycles. The molecule has 3 nitrogen and oxygen atoms in total. The number of hydrogen-bond acceptors (Lipinski definition) is 2. The standard InChI is InChI=1S/C10H19NO.C9H10O/c1-7(2)8-3-5-9(6-4-8)10(11)12;10-8-4-7-9-5-2-1-3-6-9/h7-9H,3-6H2,1-2H3,(H2,11,12);1-3,5-6,8H,4,7H2. The van der Waals surface area contributed by atoms with Crippen LogP contribution in [0.5, 0.6) is 0 Å². The number of carbonyl (C=O) groups is 2. The highest BCUT2D eigenvalue weighted by Crippen LogP contribution is 2.32. The maximum Gasteiger partial charge on any atom is 0.220 e. The fourth-order valence-electron chi connectivity index (χ4n) is 2.94. The molecule has 3 heteroatoms. The summed E-state index contributed by atoms with van der Waals surface area (Å²) in [4.78, 5) is 20.8. The molecule has 0 saturated heterocycles. The van der Waals surface area contributed by atoms with Gasteiger partial charge in [-0.2, -0.15) is 0 Å². The predicted octanol–water partition coefficient (Wildman–Crippen LogP) is 3.75. The quantitative estimate of drug-likeness (QED) is 0.842.